The van der Waals surface area contributed by atoms with Crippen LogP contribution in [0.5, 0.6) is 0 Å². The number of anilines is 1. The number of hydrogen-bond donors (Lipinski definition) is 2. The molecule has 2 N–H and O–H groups in total. The highest BCUT2D eigenvalue weighted by Gasteiger charge is 2.10. The third-order valence-electron chi connectivity index (χ3n) is 2.66. The van der Waals surface area contributed by atoms with Crippen molar-refractivity contribution in [3.63, 3.8) is 0 Å². The van der Waals surface area contributed by atoms with Crippen LogP contribution in [0, 0.1) is 6.92 Å². The standard InChI is InChI=1S/C12H15N3O2S/c1-3-15-5-4-11(14-15)13-7-9-6-10(12(16)17)18-8(9)2/h4-6H,3,7H2,1-2H3,(H,13,14)(H,16,17). The Hall–Kier alpha value is -1.82. The van der Waals surface area contributed by atoms with Crippen LogP contribution in [-0.4, -0.2) is 20.9 Å². The van der Waals surface area contributed by atoms with Crippen LogP contribution in [0.4, 0.5) is 5.82 Å². The molecule has 2 aromatic rings. The summed E-state index contributed by atoms with van der Waals surface area (Å²) >= 11 is 1.30. The van der Waals surface area contributed by atoms with Crippen LogP contribution in [0.2, 0.25) is 0 Å². The predicted molar refractivity (Wildman–Crippen MR) is 71.2 cm³/mol. The fourth-order valence-electron chi connectivity index (χ4n) is 1.62. The zero-order valence-corrected chi connectivity index (χ0v) is 11.1. The van der Waals surface area contributed by atoms with E-state index < -0.39 is 5.97 Å². The van der Waals surface area contributed by atoms with E-state index >= 15 is 0 Å². The fraction of sp³-hybridized carbons (Fsp3) is 0.333. The third-order valence-corrected chi connectivity index (χ3v) is 3.74. The normalized spacial score (nSPS) is 10.6. The number of nitrogens with zero attached hydrogens (tertiary/aromatic N) is 2. The number of aromatic nitrogens is 2. The number of hydrogen-bond acceptors (Lipinski definition) is 4. The Bertz CT molecular complexity index is 559. The van der Waals surface area contributed by atoms with Crippen LogP contribution in [0.1, 0.15) is 27.0 Å². The van der Waals surface area contributed by atoms with Gasteiger partial charge in [-0.25, -0.2) is 4.79 Å². The molecule has 0 aliphatic rings. The van der Waals surface area contributed by atoms with Gasteiger partial charge in [-0.3, -0.25) is 4.68 Å². The predicted octanol–water partition coefficient (Wildman–Crippen LogP) is 2.58. The maximum atomic E-state index is 10.9. The van der Waals surface area contributed by atoms with Crippen LogP contribution < -0.4 is 5.32 Å². The van der Waals surface area contributed by atoms with Crippen molar-refractivity contribution in [2.45, 2.75) is 26.9 Å². The number of carboxylic acid groups (broad SMARTS) is 1. The van der Waals surface area contributed by atoms with E-state index in [0.29, 0.717) is 11.4 Å². The van der Waals surface area contributed by atoms with Crippen LogP contribution in [-0.2, 0) is 13.1 Å². The van der Waals surface area contributed by atoms with Crippen molar-refractivity contribution in [2.75, 3.05) is 5.32 Å². The van der Waals surface area contributed by atoms with E-state index in [2.05, 4.69) is 10.4 Å². The van der Waals surface area contributed by atoms with Gasteiger partial charge in [-0.1, -0.05) is 0 Å². The maximum Gasteiger partial charge on any atom is 0.345 e. The molecule has 0 saturated heterocycles. The molecular formula is C12H15N3O2S. The first kappa shape index (κ1) is 12.6. The molecule has 0 amide bonds. The van der Waals surface area contributed by atoms with Gasteiger partial charge in [0, 0.05) is 30.2 Å². The van der Waals surface area contributed by atoms with Gasteiger partial charge in [0.2, 0.25) is 0 Å². The highest BCUT2D eigenvalue weighted by atomic mass is 32.1. The summed E-state index contributed by atoms with van der Waals surface area (Å²) in [5, 5.41) is 16.4. The van der Waals surface area contributed by atoms with Crippen LogP contribution in [0.3, 0.4) is 0 Å². The number of aryl methyl sites for hydroxylation is 2. The average molecular weight is 265 g/mol. The first-order valence-corrected chi connectivity index (χ1v) is 6.51. The Morgan fingerprint density at radius 3 is 2.94 bits per heavy atom. The first-order valence-electron chi connectivity index (χ1n) is 5.70. The topological polar surface area (TPSA) is 67.2 Å². The number of aromatic carboxylic acids is 1. The molecule has 5 nitrogen and oxygen atoms in total. The van der Waals surface area contributed by atoms with Crippen molar-refractivity contribution < 1.29 is 9.90 Å². The van der Waals surface area contributed by atoms with Gasteiger partial charge in [-0.2, -0.15) is 5.10 Å². The number of rotatable bonds is 5. The molecule has 0 unspecified atom stereocenters. The van der Waals surface area contributed by atoms with Crippen LogP contribution in [0.25, 0.3) is 0 Å². The van der Waals surface area contributed by atoms with Gasteiger partial charge in [0.1, 0.15) is 10.7 Å². The minimum atomic E-state index is -0.871. The second-order valence-corrected chi connectivity index (χ2v) is 5.16. The summed E-state index contributed by atoms with van der Waals surface area (Å²) in [6.07, 6.45) is 1.91. The van der Waals surface area contributed by atoms with Crippen LogP contribution in [0.15, 0.2) is 18.3 Å². The van der Waals surface area contributed by atoms with E-state index in [1.54, 1.807) is 6.07 Å². The lowest BCUT2D eigenvalue weighted by Gasteiger charge is -2.02. The number of nitrogens with one attached hydrogen (secondary N) is 1. The molecule has 0 fully saturated rings. The van der Waals surface area contributed by atoms with Crippen molar-refractivity contribution in [2.24, 2.45) is 0 Å². The zero-order chi connectivity index (χ0) is 13.1. The molecule has 18 heavy (non-hydrogen) atoms. The summed E-state index contributed by atoms with van der Waals surface area (Å²) in [5.74, 6) is -0.0658. The molecule has 0 aromatic carbocycles. The minimum Gasteiger partial charge on any atom is -0.477 e. The maximum absolute atomic E-state index is 10.9. The number of thiophene rings is 1. The first-order chi connectivity index (χ1) is 8.60. The molecule has 0 bridgehead atoms. The van der Waals surface area contributed by atoms with Gasteiger partial charge in [-0.05, 0) is 25.5 Å². The van der Waals surface area contributed by atoms with Gasteiger partial charge in [0.05, 0.1) is 0 Å². The Kier molecular flexibility index (Phi) is 3.66. The Morgan fingerprint density at radius 2 is 2.39 bits per heavy atom. The van der Waals surface area contributed by atoms with E-state index in [9.17, 15) is 4.79 Å². The van der Waals surface area contributed by atoms with E-state index in [1.807, 2.05) is 30.8 Å². The molecule has 0 aliphatic heterocycles. The Labute approximate surface area is 109 Å². The molecule has 0 spiro atoms. The molecule has 96 valence electrons. The number of carbonyl (C=O) groups is 1. The summed E-state index contributed by atoms with van der Waals surface area (Å²) in [6, 6.07) is 3.62. The van der Waals surface area contributed by atoms with Crippen molar-refractivity contribution in [1.82, 2.24) is 9.78 Å². The SMILES string of the molecule is CCn1ccc(NCc2cc(C(=O)O)sc2C)n1. The highest BCUT2D eigenvalue weighted by Crippen LogP contribution is 2.22. The van der Waals surface area contributed by atoms with Gasteiger partial charge < -0.3 is 10.4 Å². The Balaban J connectivity index is 2.03. The zero-order valence-electron chi connectivity index (χ0n) is 10.3. The lowest BCUT2D eigenvalue weighted by atomic mass is 10.2. The van der Waals surface area contributed by atoms with E-state index in [1.165, 1.54) is 11.3 Å². The smallest absolute Gasteiger partial charge is 0.345 e. The van der Waals surface area contributed by atoms with E-state index in [-0.39, 0.29) is 0 Å². The lowest BCUT2D eigenvalue weighted by Crippen LogP contribution is -2.02. The van der Waals surface area contributed by atoms with E-state index in [0.717, 1.165) is 22.8 Å². The van der Waals surface area contributed by atoms with Crippen LogP contribution >= 0.6 is 11.3 Å². The molecule has 0 atom stereocenters. The summed E-state index contributed by atoms with van der Waals surface area (Å²) in [5.41, 5.74) is 1.00. The molecule has 0 aliphatic carbocycles. The molecule has 2 heterocycles. The molecule has 2 aromatic heterocycles. The summed E-state index contributed by atoms with van der Waals surface area (Å²) < 4.78 is 1.84. The second kappa shape index (κ2) is 5.22. The van der Waals surface area contributed by atoms with Gasteiger partial charge in [0.15, 0.2) is 0 Å². The molecule has 6 heteroatoms. The van der Waals surface area contributed by atoms with Gasteiger partial charge >= 0.3 is 5.97 Å². The molecular weight excluding hydrogens is 250 g/mol. The second-order valence-electron chi connectivity index (χ2n) is 3.91. The lowest BCUT2D eigenvalue weighted by molar-refractivity contribution is 0.0702. The molecule has 0 saturated carbocycles. The molecule has 2 rings (SSSR count). The minimum absolute atomic E-state index is 0.378. The quantitative estimate of drug-likeness (QED) is 0.872. The van der Waals surface area contributed by atoms with Gasteiger partial charge in [0.25, 0.3) is 0 Å². The molecule has 0 radical (unpaired) electrons. The Morgan fingerprint density at radius 1 is 1.61 bits per heavy atom. The van der Waals surface area contributed by atoms with Crippen molar-refractivity contribution in [1.29, 1.82) is 0 Å². The van der Waals surface area contributed by atoms with Crippen molar-refractivity contribution >= 4 is 23.1 Å². The summed E-state index contributed by atoms with van der Waals surface area (Å²) in [4.78, 5) is 12.3. The van der Waals surface area contributed by atoms with Gasteiger partial charge in [-0.15, -0.1) is 11.3 Å². The largest absolute Gasteiger partial charge is 0.477 e. The summed E-state index contributed by atoms with van der Waals surface area (Å²) in [6.45, 7) is 5.39. The average Bonchev–Trinajstić information content (AvgIpc) is 2.93. The number of carboxylic acids is 1. The highest BCUT2D eigenvalue weighted by molar-refractivity contribution is 7.14. The third kappa shape index (κ3) is 2.70. The van der Waals surface area contributed by atoms with Crippen molar-refractivity contribution in [3.8, 4) is 0 Å². The van der Waals surface area contributed by atoms with E-state index in [4.69, 9.17) is 5.11 Å². The fourth-order valence-corrected chi connectivity index (χ4v) is 2.50. The monoisotopic (exact) mass is 265 g/mol. The van der Waals surface area contributed by atoms with Crippen molar-refractivity contribution in [3.05, 3.63) is 33.6 Å². The summed E-state index contributed by atoms with van der Waals surface area (Å²) in [7, 11) is 0.